The lowest BCUT2D eigenvalue weighted by atomic mass is 9.48. The van der Waals surface area contributed by atoms with Crippen LogP contribution >= 0.6 is 0 Å². The van der Waals surface area contributed by atoms with Gasteiger partial charge in [0, 0.05) is 22.8 Å². The number of Topliss-reactive ketones (excluding diaryl/α,β-unsaturated/α-hetero) is 1. The molecule has 0 spiro atoms. The molecule has 0 amide bonds. The van der Waals surface area contributed by atoms with Crippen LogP contribution in [0.2, 0.25) is 0 Å². The van der Waals surface area contributed by atoms with Gasteiger partial charge in [-0.2, -0.15) is 0 Å². The number of rotatable bonds is 3. The number of primary sulfonamides is 1. The lowest BCUT2D eigenvalue weighted by molar-refractivity contribution is -0.131. The number of ketones is 2. The molecule has 44 heavy (non-hydrogen) atoms. The molecule has 0 saturated heterocycles. The molecular formula is C36H38N2O5S. The molecule has 7 nitrogen and oxygen atoms in total. The Morgan fingerprint density at radius 3 is 2.36 bits per heavy atom. The summed E-state index contributed by atoms with van der Waals surface area (Å²) in [5.41, 5.74) is 5.41. The van der Waals surface area contributed by atoms with Crippen molar-refractivity contribution in [1.29, 1.82) is 0 Å². The zero-order valence-corrected chi connectivity index (χ0v) is 26.2. The number of allylic oxidation sites excluding steroid dienone is 5. The van der Waals surface area contributed by atoms with Crippen molar-refractivity contribution in [1.82, 2.24) is 5.16 Å². The zero-order chi connectivity index (χ0) is 31.4. The molecule has 1 heterocycles. The number of fused-ring (bicyclic) bond motifs is 5. The van der Waals surface area contributed by atoms with Gasteiger partial charge in [-0.1, -0.05) is 79.7 Å². The Morgan fingerprint density at radius 1 is 0.977 bits per heavy atom. The molecule has 3 saturated carbocycles. The van der Waals surface area contributed by atoms with Crippen molar-refractivity contribution in [2.24, 2.45) is 33.7 Å². The van der Waals surface area contributed by atoms with E-state index in [1.165, 1.54) is 12.1 Å². The molecule has 4 aliphatic rings. The summed E-state index contributed by atoms with van der Waals surface area (Å²) in [7, 11) is -3.70. The van der Waals surface area contributed by atoms with Crippen molar-refractivity contribution >= 4 is 21.6 Å². The number of nitrogens with zero attached hydrogens (tertiary/aromatic N) is 1. The van der Waals surface area contributed by atoms with Gasteiger partial charge in [0.15, 0.2) is 5.78 Å². The van der Waals surface area contributed by atoms with Crippen LogP contribution in [-0.4, -0.2) is 25.1 Å². The van der Waals surface area contributed by atoms with Crippen molar-refractivity contribution in [3.63, 3.8) is 0 Å². The van der Waals surface area contributed by atoms with E-state index in [1.54, 1.807) is 24.3 Å². The van der Waals surface area contributed by atoms with E-state index in [1.807, 2.05) is 37.3 Å². The number of nitrogens with two attached hydrogens (primary N) is 1. The molecule has 2 aromatic carbocycles. The fourth-order valence-electron chi connectivity index (χ4n) is 8.30. The van der Waals surface area contributed by atoms with Gasteiger partial charge in [0.2, 0.25) is 10.0 Å². The number of sulfonamides is 1. The third kappa shape index (κ3) is 5.04. The fourth-order valence-corrected chi connectivity index (χ4v) is 8.81. The van der Waals surface area contributed by atoms with Crippen LogP contribution in [0.25, 0.3) is 22.4 Å². The van der Waals surface area contributed by atoms with E-state index < -0.39 is 10.0 Å². The molecule has 0 radical (unpaired) electrons. The van der Waals surface area contributed by atoms with Crippen LogP contribution in [0.1, 0.15) is 51.7 Å². The number of carbonyl (C=O) groups is 2. The van der Waals surface area contributed by atoms with Gasteiger partial charge in [-0.15, -0.1) is 0 Å². The summed E-state index contributed by atoms with van der Waals surface area (Å²) in [6.45, 7) is 10.6. The highest BCUT2D eigenvalue weighted by Crippen LogP contribution is 2.64. The van der Waals surface area contributed by atoms with E-state index in [9.17, 15) is 18.0 Å². The molecule has 3 aromatic rings. The number of benzene rings is 2. The maximum Gasteiger partial charge on any atom is 0.238 e. The van der Waals surface area contributed by atoms with Gasteiger partial charge in [-0.25, -0.2) is 13.6 Å². The van der Waals surface area contributed by atoms with Crippen LogP contribution in [-0.2, 0) is 19.6 Å². The van der Waals surface area contributed by atoms with Gasteiger partial charge in [-0.3, -0.25) is 9.59 Å². The summed E-state index contributed by atoms with van der Waals surface area (Å²) < 4.78 is 28.0. The molecule has 0 unspecified atom stereocenters. The number of aromatic nitrogens is 1. The van der Waals surface area contributed by atoms with E-state index in [2.05, 4.69) is 31.7 Å². The first-order valence-electron chi connectivity index (χ1n) is 15.1. The molecule has 1 aromatic heterocycles. The fraction of sp³-hybridized carbons (Fsp3) is 0.361. The maximum absolute atomic E-state index is 12.4. The van der Waals surface area contributed by atoms with Crippen LogP contribution in [0.4, 0.5) is 0 Å². The standard InChI is InChI=1S/C20H24O2.C16H14N2O3S/c1-12-10-14-15-4-5-18(22)20(15,3)9-7-16(14)19(2)8-6-13(21)11-17(12)19;1-11-15(12-7-9-14(10-8-12)22(17,19)20)16(18-21-11)13-5-3-2-4-6-13/h6,8,11,14-16H,1,4-5,7,9-10H2,2-3H3;2-10H,1H3,(H2,17,19,20)/t14-,15-,16-,19+,20-;/m0./s1. The number of aryl methyl sites for hydroxylation is 1. The Morgan fingerprint density at radius 2 is 1.68 bits per heavy atom. The van der Waals surface area contributed by atoms with Crippen molar-refractivity contribution in [3.05, 3.63) is 96.3 Å². The van der Waals surface area contributed by atoms with Crippen molar-refractivity contribution in [2.75, 3.05) is 0 Å². The van der Waals surface area contributed by atoms with Gasteiger partial charge < -0.3 is 4.52 Å². The lowest BCUT2D eigenvalue weighted by Gasteiger charge is -2.56. The van der Waals surface area contributed by atoms with Crippen LogP contribution in [0.3, 0.4) is 0 Å². The molecule has 5 atom stereocenters. The van der Waals surface area contributed by atoms with E-state index in [4.69, 9.17) is 9.66 Å². The van der Waals surface area contributed by atoms with E-state index in [0.717, 1.165) is 65.6 Å². The Bertz CT molecular complexity index is 1820. The SMILES string of the molecule is C=C1C[C@@H]2[C@H](CC[C@]3(C)C(=O)CC[C@@H]23)[C@@]2(C)C=CC(=O)C=C12.Cc1onc(-c2ccccc2)c1-c1ccc(S(N)(=O)=O)cc1. The summed E-state index contributed by atoms with van der Waals surface area (Å²) >= 11 is 0. The molecule has 3 fully saturated rings. The summed E-state index contributed by atoms with van der Waals surface area (Å²) in [6.07, 6.45) is 10.5. The number of hydrogen-bond acceptors (Lipinski definition) is 6. The van der Waals surface area contributed by atoms with Gasteiger partial charge in [0.1, 0.15) is 17.2 Å². The molecule has 0 bridgehead atoms. The predicted molar refractivity (Wildman–Crippen MR) is 170 cm³/mol. The molecule has 7 rings (SSSR count). The van der Waals surface area contributed by atoms with E-state index in [-0.39, 0.29) is 21.5 Å². The molecule has 0 aliphatic heterocycles. The summed E-state index contributed by atoms with van der Waals surface area (Å²) in [6, 6.07) is 16.0. The van der Waals surface area contributed by atoms with Gasteiger partial charge >= 0.3 is 0 Å². The first-order chi connectivity index (χ1) is 20.8. The summed E-state index contributed by atoms with van der Waals surface area (Å²) in [4.78, 5) is 24.3. The van der Waals surface area contributed by atoms with Crippen molar-refractivity contribution < 1.29 is 22.5 Å². The molecule has 4 aliphatic carbocycles. The minimum atomic E-state index is -3.70. The summed E-state index contributed by atoms with van der Waals surface area (Å²) in [5.74, 6) is 2.81. The molecule has 2 N–H and O–H groups in total. The van der Waals surface area contributed by atoms with Crippen LogP contribution in [0, 0.1) is 35.5 Å². The predicted octanol–water partition coefficient (Wildman–Crippen LogP) is 6.99. The highest BCUT2D eigenvalue weighted by molar-refractivity contribution is 7.89. The van der Waals surface area contributed by atoms with Gasteiger partial charge in [0.25, 0.3) is 0 Å². The zero-order valence-electron chi connectivity index (χ0n) is 25.4. The highest BCUT2D eigenvalue weighted by atomic mass is 32.2. The summed E-state index contributed by atoms with van der Waals surface area (Å²) in [5, 5.41) is 9.23. The lowest BCUT2D eigenvalue weighted by Crippen LogP contribution is -2.50. The highest BCUT2D eigenvalue weighted by Gasteiger charge is 2.59. The van der Waals surface area contributed by atoms with Gasteiger partial charge in [-0.05, 0) is 85.8 Å². The van der Waals surface area contributed by atoms with Crippen LogP contribution in [0.5, 0.6) is 0 Å². The minimum Gasteiger partial charge on any atom is -0.360 e. The average molecular weight is 611 g/mol. The first-order valence-corrected chi connectivity index (χ1v) is 16.7. The smallest absolute Gasteiger partial charge is 0.238 e. The Kier molecular flexibility index (Phi) is 7.49. The minimum absolute atomic E-state index is 0.0686. The van der Waals surface area contributed by atoms with Crippen LogP contribution in [0.15, 0.2) is 100.0 Å². The average Bonchev–Trinajstić information content (AvgIpc) is 3.53. The molecular weight excluding hydrogens is 572 g/mol. The Labute approximate surface area is 259 Å². The number of hydrogen-bond donors (Lipinski definition) is 1. The van der Waals surface area contributed by atoms with E-state index >= 15 is 0 Å². The Balaban J connectivity index is 0.000000156. The van der Waals surface area contributed by atoms with Crippen molar-refractivity contribution in [3.8, 4) is 22.4 Å². The third-order valence-corrected chi connectivity index (χ3v) is 11.6. The quantitative estimate of drug-likeness (QED) is 0.341. The molecule has 228 valence electrons. The maximum atomic E-state index is 12.4. The Hall–Kier alpha value is -3.88. The number of carbonyl (C=O) groups excluding carboxylic acids is 2. The topological polar surface area (TPSA) is 120 Å². The normalized spacial score (nSPS) is 29.2. The first kappa shape index (κ1) is 30.2. The largest absolute Gasteiger partial charge is 0.360 e. The van der Waals surface area contributed by atoms with Crippen molar-refractivity contribution in [2.45, 2.75) is 57.8 Å². The second kappa shape index (κ2) is 10.9. The van der Waals surface area contributed by atoms with Gasteiger partial charge in [0.05, 0.1) is 10.5 Å². The van der Waals surface area contributed by atoms with E-state index in [0.29, 0.717) is 29.3 Å². The van der Waals surface area contributed by atoms with Crippen LogP contribution < -0.4 is 5.14 Å². The molecule has 8 heteroatoms. The monoisotopic (exact) mass is 610 g/mol. The second-order valence-electron chi connectivity index (χ2n) is 13.1. The third-order valence-electron chi connectivity index (χ3n) is 10.6. The second-order valence-corrected chi connectivity index (χ2v) is 14.6.